The molecule has 2 aromatic rings. The van der Waals surface area contributed by atoms with E-state index >= 15 is 0 Å². The zero-order valence-electron chi connectivity index (χ0n) is 9.16. The first-order valence-electron chi connectivity index (χ1n) is 4.94. The smallest absolute Gasteiger partial charge is 0.135 e. The summed E-state index contributed by atoms with van der Waals surface area (Å²) >= 11 is 5.84. The summed E-state index contributed by atoms with van der Waals surface area (Å²) in [4.78, 5) is 8.48. The quantitative estimate of drug-likeness (QED) is 0.824. The van der Waals surface area contributed by atoms with Crippen molar-refractivity contribution < 1.29 is 0 Å². The largest absolute Gasteiger partial charge is 0.383 e. The third-order valence-electron chi connectivity index (χ3n) is 2.36. The Hall–Kier alpha value is -1.61. The van der Waals surface area contributed by atoms with Crippen molar-refractivity contribution in [2.24, 2.45) is 0 Å². The molecule has 16 heavy (non-hydrogen) atoms. The molecule has 0 amide bonds. The molecule has 3 nitrogen and oxygen atoms in total. The number of aromatic nitrogens is 2. The molecular weight excluding hydrogens is 222 g/mol. The highest BCUT2D eigenvalue weighted by Gasteiger charge is 2.09. The Morgan fingerprint density at radius 2 is 1.69 bits per heavy atom. The van der Waals surface area contributed by atoms with Gasteiger partial charge in [-0.15, -0.1) is 0 Å². The van der Waals surface area contributed by atoms with Crippen LogP contribution in [0.4, 0.5) is 5.82 Å². The Labute approximate surface area is 99.3 Å². The van der Waals surface area contributed by atoms with Gasteiger partial charge in [-0.05, 0) is 31.5 Å². The van der Waals surface area contributed by atoms with Gasteiger partial charge >= 0.3 is 0 Å². The molecular formula is C12H12ClN3. The molecule has 4 heteroatoms. The van der Waals surface area contributed by atoms with Crippen LogP contribution in [0.1, 0.15) is 11.5 Å². The highest BCUT2D eigenvalue weighted by atomic mass is 35.5. The topological polar surface area (TPSA) is 51.8 Å². The zero-order chi connectivity index (χ0) is 11.7. The van der Waals surface area contributed by atoms with Crippen LogP contribution in [0.15, 0.2) is 24.3 Å². The molecule has 0 aliphatic rings. The summed E-state index contributed by atoms with van der Waals surface area (Å²) in [5.74, 6) is 1.19. The van der Waals surface area contributed by atoms with Crippen LogP contribution in [-0.4, -0.2) is 9.97 Å². The Bertz CT molecular complexity index is 497. The average molecular weight is 234 g/mol. The molecule has 0 radical (unpaired) electrons. The van der Waals surface area contributed by atoms with Crippen molar-refractivity contribution in [3.05, 3.63) is 40.8 Å². The fraction of sp³-hybridized carbons (Fsp3) is 0.167. The maximum Gasteiger partial charge on any atom is 0.135 e. The summed E-state index contributed by atoms with van der Waals surface area (Å²) < 4.78 is 0. The molecule has 0 fully saturated rings. The molecule has 0 bridgehead atoms. The van der Waals surface area contributed by atoms with Crippen molar-refractivity contribution in [2.75, 3.05) is 5.73 Å². The second kappa shape index (κ2) is 4.10. The molecule has 0 aliphatic heterocycles. The van der Waals surface area contributed by atoms with Crippen molar-refractivity contribution in [3.8, 4) is 11.1 Å². The van der Waals surface area contributed by atoms with Crippen LogP contribution in [0.2, 0.25) is 5.02 Å². The normalized spacial score (nSPS) is 10.4. The first kappa shape index (κ1) is 10.9. The van der Waals surface area contributed by atoms with Gasteiger partial charge in [0, 0.05) is 10.6 Å². The molecule has 0 saturated heterocycles. The fourth-order valence-electron chi connectivity index (χ4n) is 1.71. The van der Waals surface area contributed by atoms with Crippen LogP contribution in [0.25, 0.3) is 11.1 Å². The molecule has 0 spiro atoms. The number of nitrogens with two attached hydrogens (primary N) is 1. The molecule has 2 N–H and O–H groups in total. The van der Waals surface area contributed by atoms with Crippen LogP contribution in [0.5, 0.6) is 0 Å². The van der Waals surface area contributed by atoms with E-state index in [1.54, 1.807) is 0 Å². The van der Waals surface area contributed by atoms with Crippen molar-refractivity contribution in [1.82, 2.24) is 9.97 Å². The van der Waals surface area contributed by atoms with Gasteiger partial charge in [0.05, 0.1) is 5.69 Å². The van der Waals surface area contributed by atoms with Crippen molar-refractivity contribution in [1.29, 1.82) is 0 Å². The molecule has 2 rings (SSSR count). The first-order chi connectivity index (χ1) is 7.58. The molecule has 0 unspecified atom stereocenters. The summed E-state index contributed by atoms with van der Waals surface area (Å²) in [6.45, 7) is 3.75. The Morgan fingerprint density at radius 1 is 1.06 bits per heavy atom. The van der Waals surface area contributed by atoms with Crippen LogP contribution in [0, 0.1) is 13.8 Å². The van der Waals surface area contributed by atoms with Gasteiger partial charge in [-0.3, -0.25) is 0 Å². The predicted octanol–water partition coefficient (Wildman–Crippen LogP) is 3.00. The van der Waals surface area contributed by atoms with E-state index in [0.717, 1.165) is 16.8 Å². The van der Waals surface area contributed by atoms with Crippen molar-refractivity contribution in [2.45, 2.75) is 13.8 Å². The minimum absolute atomic E-state index is 0.507. The van der Waals surface area contributed by atoms with Gasteiger partial charge in [0.2, 0.25) is 0 Å². The summed E-state index contributed by atoms with van der Waals surface area (Å²) in [5.41, 5.74) is 8.65. The second-order valence-electron chi connectivity index (χ2n) is 3.62. The minimum Gasteiger partial charge on any atom is -0.383 e. The fourth-order valence-corrected chi connectivity index (χ4v) is 1.84. The van der Waals surface area contributed by atoms with E-state index < -0.39 is 0 Å². The number of halogens is 1. The van der Waals surface area contributed by atoms with Gasteiger partial charge in [0.25, 0.3) is 0 Å². The molecule has 0 saturated carbocycles. The number of rotatable bonds is 1. The minimum atomic E-state index is 0.507. The van der Waals surface area contributed by atoms with E-state index in [-0.39, 0.29) is 0 Å². The number of hydrogen-bond donors (Lipinski definition) is 1. The summed E-state index contributed by atoms with van der Waals surface area (Å²) in [7, 11) is 0. The molecule has 0 aliphatic carbocycles. The lowest BCUT2D eigenvalue weighted by atomic mass is 10.1. The summed E-state index contributed by atoms with van der Waals surface area (Å²) in [6, 6.07) is 7.49. The maximum atomic E-state index is 5.91. The Morgan fingerprint density at radius 3 is 2.25 bits per heavy atom. The van der Waals surface area contributed by atoms with E-state index in [0.29, 0.717) is 16.7 Å². The van der Waals surface area contributed by atoms with Gasteiger partial charge in [0.1, 0.15) is 11.6 Å². The second-order valence-corrected chi connectivity index (χ2v) is 4.06. The number of nitrogen functional groups attached to an aromatic ring is 1. The highest BCUT2D eigenvalue weighted by Crippen LogP contribution is 2.28. The Balaban J connectivity index is 2.60. The Kier molecular flexibility index (Phi) is 2.79. The molecule has 0 atom stereocenters. The monoisotopic (exact) mass is 233 g/mol. The van der Waals surface area contributed by atoms with Crippen molar-refractivity contribution in [3.63, 3.8) is 0 Å². The van der Waals surface area contributed by atoms with Gasteiger partial charge in [0.15, 0.2) is 0 Å². The standard InChI is InChI=1S/C12H12ClN3/c1-7-11(12(14)16-8(2)15-7)9-3-5-10(13)6-4-9/h3-6H,1-2H3,(H2,14,15,16). The lowest BCUT2D eigenvalue weighted by Crippen LogP contribution is -2.01. The van der Waals surface area contributed by atoms with Gasteiger partial charge in [-0.25, -0.2) is 9.97 Å². The van der Waals surface area contributed by atoms with Crippen LogP contribution < -0.4 is 5.73 Å². The predicted molar refractivity (Wildman–Crippen MR) is 66.4 cm³/mol. The zero-order valence-corrected chi connectivity index (χ0v) is 9.92. The van der Waals surface area contributed by atoms with E-state index in [1.807, 2.05) is 38.1 Å². The third-order valence-corrected chi connectivity index (χ3v) is 2.61. The van der Waals surface area contributed by atoms with Crippen LogP contribution >= 0.6 is 11.6 Å². The lowest BCUT2D eigenvalue weighted by Gasteiger charge is -2.09. The third kappa shape index (κ3) is 1.99. The molecule has 1 aromatic heterocycles. The van der Waals surface area contributed by atoms with E-state index in [9.17, 15) is 0 Å². The average Bonchev–Trinajstić information content (AvgIpc) is 2.19. The number of hydrogen-bond acceptors (Lipinski definition) is 3. The number of aryl methyl sites for hydroxylation is 2. The van der Waals surface area contributed by atoms with Crippen LogP contribution in [-0.2, 0) is 0 Å². The van der Waals surface area contributed by atoms with Gasteiger partial charge < -0.3 is 5.73 Å². The van der Waals surface area contributed by atoms with E-state index in [2.05, 4.69) is 9.97 Å². The first-order valence-corrected chi connectivity index (χ1v) is 5.32. The number of benzene rings is 1. The SMILES string of the molecule is Cc1nc(C)c(-c2ccc(Cl)cc2)c(N)n1. The summed E-state index contributed by atoms with van der Waals surface area (Å²) in [5, 5.41) is 0.702. The van der Waals surface area contributed by atoms with E-state index in [1.165, 1.54) is 0 Å². The lowest BCUT2D eigenvalue weighted by molar-refractivity contribution is 1.02. The van der Waals surface area contributed by atoms with Crippen LogP contribution in [0.3, 0.4) is 0 Å². The molecule has 1 aromatic carbocycles. The molecule has 1 heterocycles. The van der Waals surface area contributed by atoms with Gasteiger partial charge in [-0.1, -0.05) is 23.7 Å². The van der Waals surface area contributed by atoms with Gasteiger partial charge in [-0.2, -0.15) is 0 Å². The summed E-state index contributed by atoms with van der Waals surface area (Å²) in [6.07, 6.45) is 0. The van der Waals surface area contributed by atoms with E-state index in [4.69, 9.17) is 17.3 Å². The van der Waals surface area contributed by atoms with Crippen molar-refractivity contribution >= 4 is 17.4 Å². The number of anilines is 1. The molecule has 82 valence electrons. The highest BCUT2D eigenvalue weighted by molar-refractivity contribution is 6.30. The number of nitrogens with zero attached hydrogens (tertiary/aromatic N) is 2. The maximum absolute atomic E-state index is 5.91.